The molecule has 2 N–H and O–H groups in total. The Bertz CT molecular complexity index is 772. The smallest absolute Gasteiger partial charge is 0.338 e. The molecule has 31 heavy (non-hydrogen) atoms. The molecule has 0 atom stereocenters. The van der Waals surface area contributed by atoms with Crippen LogP contribution < -0.4 is 0 Å². The number of hydrogen-bond acceptors (Lipinski definition) is 9. The van der Waals surface area contributed by atoms with Crippen LogP contribution in [0.2, 0.25) is 0 Å². The maximum Gasteiger partial charge on any atom is 0.338 e. The van der Waals surface area contributed by atoms with Crippen molar-refractivity contribution in [1.29, 1.82) is 0 Å². The fourth-order valence-corrected chi connectivity index (χ4v) is 2.11. The molecule has 0 radical (unpaired) electrons. The van der Waals surface area contributed by atoms with E-state index in [0.717, 1.165) is 18.2 Å². The van der Waals surface area contributed by atoms with E-state index in [4.69, 9.17) is 33.9 Å². The first kappa shape index (κ1) is 25.8. The van der Waals surface area contributed by atoms with Crippen LogP contribution in [0.1, 0.15) is 31.1 Å². The van der Waals surface area contributed by atoms with Gasteiger partial charge in [0.1, 0.15) is 13.2 Å². The maximum absolute atomic E-state index is 11.9. The Morgan fingerprint density at radius 2 is 1.23 bits per heavy atom. The molecule has 1 rings (SSSR count). The number of hydrogen-bond donors (Lipinski definition) is 2. The van der Waals surface area contributed by atoms with Gasteiger partial charge in [0.25, 0.3) is 0 Å². The molecule has 0 fully saturated rings. The third kappa shape index (κ3) is 10.3. The van der Waals surface area contributed by atoms with Crippen LogP contribution >= 0.6 is 0 Å². The Hall–Kier alpha value is -3.28. The van der Waals surface area contributed by atoms with Crippen LogP contribution in [0.5, 0.6) is 0 Å². The minimum absolute atomic E-state index is 0.0749. The van der Waals surface area contributed by atoms with Gasteiger partial charge in [-0.2, -0.15) is 0 Å². The highest BCUT2D eigenvalue weighted by Gasteiger charge is 2.19. The quantitative estimate of drug-likeness (QED) is 0.215. The number of esters is 2. The van der Waals surface area contributed by atoms with Gasteiger partial charge >= 0.3 is 23.9 Å². The summed E-state index contributed by atoms with van der Waals surface area (Å²) in [5.41, 5.74) is -1.00. The Kier molecular flexibility index (Phi) is 12.2. The van der Waals surface area contributed by atoms with Gasteiger partial charge in [-0.15, -0.1) is 0 Å². The summed E-state index contributed by atoms with van der Waals surface area (Å²) in [6.45, 7) is 4.86. The Balaban J connectivity index is 2.12. The lowest BCUT2D eigenvalue weighted by Gasteiger charge is -2.08. The van der Waals surface area contributed by atoms with Crippen LogP contribution in [0.4, 0.5) is 0 Å². The zero-order chi connectivity index (χ0) is 23.1. The van der Waals surface area contributed by atoms with Crippen LogP contribution in [-0.2, 0) is 28.5 Å². The fraction of sp³-hybridized carbons (Fsp3) is 0.400. The zero-order valence-electron chi connectivity index (χ0n) is 16.7. The molecule has 1 aromatic carbocycles. The average molecular weight is 440 g/mol. The second kappa shape index (κ2) is 14.7. The summed E-state index contributed by atoms with van der Waals surface area (Å²) in [7, 11) is 0. The summed E-state index contributed by atoms with van der Waals surface area (Å²) in [5.74, 6) is -4.18. The minimum atomic E-state index is -1.46. The van der Waals surface area contributed by atoms with Crippen molar-refractivity contribution in [2.24, 2.45) is 0 Å². The first-order chi connectivity index (χ1) is 14.9. The van der Waals surface area contributed by atoms with Gasteiger partial charge in [0, 0.05) is 6.08 Å². The summed E-state index contributed by atoms with van der Waals surface area (Å²) in [6.07, 6.45) is 1.07. The van der Waals surface area contributed by atoms with Crippen LogP contribution in [0, 0.1) is 0 Å². The topological polar surface area (TPSA) is 155 Å². The third-order valence-electron chi connectivity index (χ3n) is 3.56. The summed E-state index contributed by atoms with van der Waals surface area (Å²) in [6, 6.07) is 3.17. The summed E-state index contributed by atoms with van der Waals surface area (Å²) < 4.78 is 25.4. The van der Waals surface area contributed by atoms with E-state index in [1.807, 2.05) is 0 Å². The van der Waals surface area contributed by atoms with E-state index in [2.05, 4.69) is 6.58 Å². The van der Waals surface area contributed by atoms with Crippen molar-refractivity contribution in [2.45, 2.75) is 0 Å². The van der Waals surface area contributed by atoms with E-state index in [1.54, 1.807) is 0 Å². The van der Waals surface area contributed by atoms with E-state index >= 15 is 0 Å². The van der Waals surface area contributed by atoms with E-state index in [9.17, 15) is 19.2 Å². The van der Waals surface area contributed by atoms with E-state index < -0.39 is 35.0 Å². The Labute approximate surface area is 178 Å². The predicted octanol–water partition coefficient (Wildman–Crippen LogP) is 1.02. The van der Waals surface area contributed by atoms with Crippen molar-refractivity contribution in [3.05, 3.63) is 47.5 Å². The molecule has 0 heterocycles. The Morgan fingerprint density at radius 3 is 1.71 bits per heavy atom. The zero-order valence-corrected chi connectivity index (χ0v) is 16.7. The van der Waals surface area contributed by atoms with Gasteiger partial charge in [0.15, 0.2) is 0 Å². The Morgan fingerprint density at radius 1 is 0.742 bits per heavy atom. The number of carboxylic acid groups (broad SMARTS) is 2. The summed E-state index contributed by atoms with van der Waals surface area (Å²) in [4.78, 5) is 44.9. The van der Waals surface area contributed by atoms with Crippen molar-refractivity contribution in [3.63, 3.8) is 0 Å². The standard InChI is InChI=1S/C20H24O11/c1-2-17(21)30-11-9-28-7-5-27-6-8-29-10-12-31-20(26)14-3-4-15(18(22)23)16(13-14)19(24)25/h2-4,13H,1,5-12H2,(H,22,23)(H,24,25). The molecule has 0 amide bonds. The lowest BCUT2D eigenvalue weighted by molar-refractivity contribution is -0.139. The van der Waals surface area contributed by atoms with Crippen LogP contribution in [0.3, 0.4) is 0 Å². The summed E-state index contributed by atoms with van der Waals surface area (Å²) in [5, 5.41) is 18.0. The normalized spacial score (nSPS) is 10.3. The first-order valence-electron chi connectivity index (χ1n) is 9.17. The van der Waals surface area contributed by atoms with Crippen molar-refractivity contribution < 1.29 is 53.1 Å². The average Bonchev–Trinajstić information content (AvgIpc) is 2.75. The molecule has 170 valence electrons. The predicted molar refractivity (Wildman–Crippen MR) is 104 cm³/mol. The lowest BCUT2D eigenvalue weighted by Crippen LogP contribution is -2.15. The third-order valence-corrected chi connectivity index (χ3v) is 3.56. The maximum atomic E-state index is 11.9. The molecule has 11 nitrogen and oxygen atoms in total. The van der Waals surface area contributed by atoms with Gasteiger partial charge in [-0.05, 0) is 18.2 Å². The van der Waals surface area contributed by atoms with Gasteiger partial charge in [-0.3, -0.25) is 0 Å². The fourth-order valence-electron chi connectivity index (χ4n) is 2.11. The molecule has 0 saturated heterocycles. The monoisotopic (exact) mass is 440 g/mol. The highest BCUT2D eigenvalue weighted by molar-refractivity contribution is 6.03. The SMILES string of the molecule is C=CC(=O)OCCOCCOCCOCCOC(=O)c1ccc(C(=O)O)c(C(=O)O)c1. The number of aromatic carboxylic acids is 2. The molecule has 0 saturated carbocycles. The highest BCUT2D eigenvalue weighted by Crippen LogP contribution is 2.13. The summed E-state index contributed by atoms with van der Waals surface area (Å²) >= 11 is 0. The number of carbonyl (C=O) groups excluding carboxylic acids is 2. The molecular formula is C20H24O11. The van der Waals surface area contributed by atoms with Crippen LogP contribution in [0.15, 0.2) is 30.9 Å². The van der Waals surface area contributed by atoms with Crippen molar-refractivity contribution in [1.82, 2.24) is 0 Å². The van der Waals surface area contributed by atoms with Gasteiger partial charge < -0.3 is 33.9 Å². The molecule has 0 unspecified atom stereocenters. The minimum Gasteiger partial charge on any atom is -0.478 e. The van der Waals surface area contributed by atoms with E-state index in [1.165, 1.54) is 6.07 Å². The molecule has 0 bridgehead atoms. The second-order valence-electron chi connectivity index (χ2n) is 5.72. The number of benzene rings is 1. The number of rotatable bonds is 16. The molecular weight excluding hydrogens is 416 g/mol. The van der Waals surface area contributed by atoms with Crippen LogP contribution in [0.25, 0.3) is 0 Å². The number of carboxylic acids is 2. The lowest BCUT2D eigenvalue weighted by atomic mass is 10.0. The van der Waals surface area contributed by atoms with Gasteiger partial charge in [0.05, 0.1) is 56.3 Å². The first-order valence-corrected chi connectivity index (χ1v) is 9.17. The molecule has 1 aromatic rings. The molecule has 0 aliphatic heterocycles. The highest BCUT2D eigenvalue weighted by atomic mass is 16.6. The number of carbonyl (C=O) groups is 4. The van der Waals surface area contributed by atoms with Crippen molar-refractivity contribution in [3.8, 4) is 0 Å². The molecule has 0 aromatic heterocycles. The second-order valence-corrected chi connectivity index (χ2v) is 5.72. The van der Waals surface area contributed by atoms with Crippen LogP contribution in [-0.4, -0.2) is 86.9 Å². The molecule has 0 aliphatic carbocycles. The van der Waals surface area contributed by atoms with Crippen molar-refractivity contribution >= 4 is 23.9 Å². The van der Waals surface area contributed by atoms with E-state index in [0.29, 0.717) is 19.8 Å². The molecule has 0 aliphatic rings. The number of ether oxygens (including phenoxy) is 5. The van der Waals surface area contributed by atoms with Gasteiger partial charge in [-0.25, -0.2) is 19.2 Å². The van der Waals surface area contributed by atoms with Crippen molar-refractivity contribution in [2.75, 3.05) is 52.9 Å². The largest absolute Gasteiger partial charge is 0.478 e. The van der Waals surface area contributed by atoms with Gasteiger partial charge in [0.2, 0.25) is 0 Å². The van der Waals surface area contributed by atoms with Gasteiger partial charge in [-0.1, -0.05) is 6.58 Å². The molecule has 0 spiro atoms. The van der Waals surface area contributed by atoms with E-state index in [-0.39, 0.29) is 38.6 Å². The molecule has 11 heteroatoms.